The lowest BCUT2D eigenvalue weighted by Crippen LogP contribution is -2.23. The van der Waals surface area contributed by atoms with E-state index in [-0.39, 0.29) is 0 Å². The van der Waals surface area contributed by atoms with Gasteiger partial charge in [-0.1, -0.05) is 0 Å². The number of alkyl halides is 1. The molecule has 1 atom stereocenters. The molecule has 0 bridgehead atoms. The van der Waals surface area contributed by atoms with Gasteiger partial charge in [-0.15, -0.1) is 11.8 Å². The van der Waals surface area contributed by atoms with Gasteiger partial charge in [-0.05, 0) is 42.9 Å². The van der Waals surface area contributed by atoms with Crippen LogP contribution in [0.2, 0.25) is 0 Å². The second-order valence-electron chi connectivity index (χ2n) is 5.16. The van der Waals surface area contributed by atoms with E-state index in [1.165, 1.54) is 21.4 Å². The second kappa shape index (κ2) is 5.55. The van der Waals surface area contributed by atoms with Crippen molar-refractivity contribution in [3.63, 3.8) is 0 Å². The number of rotatable bonds is 4. The van der Waals surface area contributed by atoms with Crippen LogP contribution in [0.1, 0.15) is 12.0 Å². The Labute approximate surface area is 117 Å². The van der Waals surface area contributed by atoms with Crippen molar-refractivity contribution < 1.29 is 4.39 Å². The SMILES string of the molecule is CSc1ccc2[nH]cc(CCN3CC[C@H](F)C3)c2c1. The maximum absolute atomic E-state index is 13.1. The third kappa shape index (κ3) is 2.79. The van der Waals surface area contributed by atoms with E-state index in [1.54, 1.807) is 11.8 Å². The van der Waals surface area contributed by atoms with Gasteiger partial charge in [0.2, 0.25) is 0 Å². The number of benzene rings is 1. The predicted molar refractivity (Wildman–Crippen MR) is 79.7 cm³/mol. The highest BCUT2D eigenvalue weighted by Crippen LogP contribution is 2.25. The first kappa shape index (κ1) is 13.0. The molecule has 0 amide bonds. The topological polar surface area (TPSA) is 19.0 Å². The molecule has 1 aromatic carbocycles. The van der Waals surface area contributed by atoms with Crippen molar-refractivity contribution in [3.8, 4) is 0 Å². The van der Waals surface area contributed by atoms with Crippen molar-refractivity contribution in [3.05, 3.63) is 30.0 Å². The Kier molecular flexibility index (Phi) is 3.80. The molecular weight excluding hydrogens is 259 g/mol. The third-order valence-electron chi connectivity index (χ3n) is 3.89. The number of likely N-dealkylation sites (tertiary alicyclic amines) is 1. The smallest absolute Gasteiger partial charge is 0.114 e. The van der Waals surface area contributed by atoms with Crippen LogP contribution in [-0.4, -0.2) is 41.9 Å². The molecule has 1 N–H and O–H groups in total. The van der Waals surface area contributed by atoms with Gasteiger partial charge >= 0.3 is 0 Å². The van der Waals surface area contributed by atoms with Gasteiger partial charge in [-0.2, -0.15) is 0 Å². The average Bonchev–Trinajstić information content (AvgIpc) is 3.02. The van der Waals surface area contributed by atoms with E-state index in [9.17, 15) is 4.39 Å². The van der Waals surface area contributed by atoms with E-state index in [4.69, 9.17) is 0 Å². The van der Waals surface area contributed by atoms with Gasteiger partial charge in [-0.3, -0.25) is 0 Å². The van der Waals surface area contributed by atoms with E-state index in [1.807, 2.05) is 0 Å². The van der Waals surface area contributed by atoms with Crippen LogP contribution >= 0.6 is 11.8 Å². The second-order valence-corrected chi connectivity index (χ2v) is 6.04. The largest absolute Gasteiger partial charge is 0.361 e. The molecule has 1 aromatic heterocycles. The van der Waals surface area contributed by atoms with Gasteiger partial charge in [-0.25, -0.2) is 4.39 Å². The standard InChI is InChI=1S/C15H19FN2S/c1-19-13-2-3-15-14(8-13)11(9-17-15)4-6-18-7-5-12(16)10-18/h2-3,8-9,12,17H,4-7,10H2,1H3/t12-/m0/s1. The summed E-state index contributed by atoms with van der Waals surface area (Å²) in [4.78, 5) is 6.84. The minimum Gasteiger partial charge on any atom is -0.361 e. The fraction of sp³-hybridized carbons (Fsp3) is 0.467. The third-order valence-corrected chi connectivity index (χ3v) is 4.61. The molecule has 1 aliphatic rings. The maximum Gasteiger partial charge on any atom is 0.114 e. The van der Waals surface area contributed by atoms with Crippen LogP contribution in [0, 0.1) is 0 Å². The Morgan fingerprint density at radius 1 is 1.47 bits per heavy atom. The highest BCUT2D eigenvalue weighted by atomic mass is 32.2. The van der Waals surface area contributed by atoms with Crippen molar-refractivity contribution in [2.75, 3.05) is 25.9 Å². The van der Waals surface area contributed by atoms with Crippen molar-refractivity contribution in [2.24, 2.45) is 0 Å². The van der Waals surface area contributed by atoms with Crippen LogP contribution in [0.4, 0.5) is 4.39 Å². The molecule has 0 spiro atoms. The van der Waals surface area contributed by atoms with E-state index < -0.39 is 6.17 Å². The number of hydrogen-bond donors (Lipinski definition) is 1. The number of hydrogen-bond acceptors (Lipinski definition) is 2. The number of nitrogens with one attached hydrogen (secondary N) is 1. The number of H-pyrrole nitrogens is 1. The summed E-state index contributed by atoms with van der Waals surface area (Å²) in [5.74, 6) is 0. The Morgan fingerprint density at radius 2 is 2.37 bits per heavy atom. The summed E-state index contributed by atoms with van der Waals surface area (Å²) in [6.45, 7) is 2.47. The lowest BCUT2D eigenvalue weighted by molar-refractivity contribution is 0.290. The van der Waals surface area contributed by atoms with Crippen molar-refractivity contribution in [2.45, 2.75) is 23.9 Å². The Bertz CT molecular complexity index is 566. The molecule has 19 heavy (non-hydrogen) atoms. The number of halogens is 1. The van der Waals surface area contributed by atoms with Crippen LogP contribution in [0.25, 0.3) is 10.9 Å². The average molecular weight is 278 g/mol. The molecule has 1 fully saturated rings. The quantitative estimate of drug-likeness (QED) is 0.864. The van der Waals surface area contributed by atoms with E-state index >= 15 is 0 Å². The monoisotopic (exact) mass is 278 g/mol. The molecule has 1 saturated heterocycles. The summed E-state index contributed by atoms with van der Waals surface area (Å²) in [7, 11) is 0. The molecule has 3 rings (SSSR count). The molecule has 0 radical (unpaired) electrons. The fourth-order valence-corrected chi connectivity index (χ4v) is 3.20. The minimum absolute atomic E-state index is 0.610. The summed E-state index contributed by atoms with van der Waals surface area (Å²) >= 11 is 1.77. The van der Waals surface area contributed by atoms with E-state index in [0.29, 0.717) is 13.0 Å². The van der Waals surface area contributed by atoms with Gasteiger partial charge in [0.15, 0.2) is 0 Å². The highest BCUT2D eigenvalue weighted by molar-refractivity contribution is 7.98. The first-order valence-corrected chi connectivity index (χ1v) is 7.99. The zero-order valence-corrected chi connectivity index (χ0v) is 12.0. The van der Waals surface area contributed by atoms with Gasteiger partial charge in [0, 0.05) is 41.6 Å². The maximum atomic E-state index is 13.1. The number of aromatic nitrogens is 1. The first-order chi connectivity index (χ1) is 9.26. The molecule has 0 unspecified atom stereocenters. The minimum atomic E-state index is -0.619. The van der Waals surface area contributed by atoms with Crippen molar-refractivity contribution in [1.29, 1.82) is 0 Å². The molecule has 102 valence electrons. The summed E-state index contributed by atoms with van der Waals surface area (Å²) < 4.78 is 13.1. The van der Waals surface area contributed by atoms with Gasteiger partial charge in [0.05, 0.1) is 0 Å². The number of aromatic amines is 1. The molecule has 1 aliphatic heterocycles. The van der Waals surface area contributed by atoms with Crippen LogP contribution in [0.5, 0.6) is 0 Å². The van der Waals surface area contributed by atoms with Crippen LogP contribution in [0.15, 0.2) is 29.3 Å². The fourth-order valence-electron chi connectivity index (χ4n) is 2.76. The molecular formula is C15H19FN2S. The first-order valence-electron chi connectivity index (χ1n) is 6.76. The number of thioether (sulfide) groups is 1. The zero-order chi connectivity index (χ0) is 13.2. The lowest BCUT2D eigenvalue weighted by Gasteiger charge is -2.13. The van der Waals surface area contributed by atoms with Crippen LogP contribution in [0.3, 0.4) is 0 Å². The van der Waals surface area contributed by atoms with Crippen molar-refractivity contribution >= 4 is 22.7 Å². The van der Waals surface area contributed by atoms with Crippen molar-refractivity contribution in [1.82, 2.24) is 9.88 Å². The van der Waals surface area contributed by atoms with Crippen LogP contribution in [-0.2, 0) is 6.42 Å². The Balaban J connectivity index is 1.73. The number of nitrogens with zero attached hydrogens (tertiary/aromatic N) is 1. The Morgan fingerprint density at radius 3 is 3.11 bits per heavy atom. The summed E-state index contributed by atoms with van der Waals surface area (Å²) in [6.07, 6.45) is 5.26. The van der Waals surface area contributed by atoms with Crippen LogP contribution < -0.4 is 0 Å². The molecule has 2 nitrogen and oxygen atoms in total. The molecule has 0 saturated carbocycles. The lowest BCUT2D eigenvalue weighted by atomic mass is 10.1. The highest BCUT2D eigenvalue weighted by Gasteiger charge is 2.21. The van der Waals surface area contributed by atoms with E-state index in [0.717, 1.165) is 19.5 Å². The van der Waals surface area contributed by atoms with Gasteiger partial charge in [0.1, 0.15) is 6.17 Å². The normalized spacial score (nSPS) is 20.4. The van der Waals surface area contributed by atoms with Gasteiger partial charge in [0.25, 0.3) is 0 Å². The Hall–Kier alpha value is -1.00. The number of fused-ring (bicyclic) bond motifs is 1. The molecule has 4 heteroatoms. The summed E-state index contributed by atoms with van der Waals surface area (Å²) in [5, 5.41) is 1.31. The van der Waals surface area contributed by atoms with E-state index in [2.05, 4.69) is 40.5 Å². The molecule has 2 aromatic rings. The molecule has 0 aliphatic carbocycles. The molecule has 2 heterocycles. The summed E-state index contributed by atoms with van der Waals surface area (Å²) in [6, 6.07) is 6.52. The summed E-state index contributed by atoms with van der Waals surface area (Å²) in [5.41, 5.74) is 2.53. The predicted octanol–water partition coefficient (Wildman–Crippen LogP) is 3.48. The zero-order valence-electron chi connectivity index (χ0n) is 11.2. The van der Waals surface area contributed by atoms with Gasteiger partial charge < -0.3 is 9.88 Å².